The first-order valence-corrected chi connectivity index (χ1v) is 9.51. The number of nitrogens with zero attached hydrogens (tertiary/aromatic N) is 1. The van der Waals surface area contributed by atoms with E-state index in [0.29, 0.717) is 23.9 Å². The molecule has 0 saturated carbocycles. The van der Waals surface area contributed by atoms with Gasteiger partial charge in [0.2, 0.25) is 5.91 Å². The van der Waals surface area contributed by atoms with E-state index < -0.39 is 0 Å². The Bertz CT molecular complexity index is 802. The minimum absolute atomic E-state index is 0.0946. The van der Waals surface area contributed by atoms with Crippen LogP contribution < -0.4 is 14.8 Å². The molecule has 0 aliphatic carbocycles. The minimum atomic E-state index is -0.114. The van der Waals surface area contributed by atoms with Gasteiger partial charge in [0.1, 0.15) is 12.7 Å². The largest absolute Gasteiger partial charge is 0.486 e. The van der Waals surface area contributed by atoms with Crippen LogP contribution >= 0.6 is 11.6 Å². The van der Waals surface area contributed by atoms with Gasteiger partial charge in [0.15, 0.2) is 11.5 Å². The van der Waals surface area contributed by atoms with Crippen LogP contribution in [0.15, 0.2) is 36.4 Å². The van der Waals surface area contributed by atoms with Crippen molar-refractivity contribution >= 4 is 23.2 Å². The van der Waals surface area contributed by atoms with Gasteiger partial charge in [-0.2, -0.15) is 0 Å². The number of rotatable bonds is 6. The fraction of sp³-hybridized carbons (Fsp3) is 0.381. The maximum Gasteiger partial charge on any atom is 0.238 e. The molecule has 2 aromatic rings. The summed E-state index contributed by atoms with van der Waals surface area (Å²) in [6, 6.07) is 11.5. The van der Waals surface area contributed by atoms with E-state index in [2.05, 4.69) is 5.32 Å². The molecule has 2 aromatic carbocycles. The van der Waals surface area contributed by atoms with E-state index in [-0.39, 0.29) is 18.6 Å². The number of carbonyl (C=O) groups is 1. The lowest BCUT2D eigenvalue weighted by molar-refractivity contribution is -0.117. The van der Waals surface area contributed by atoms with E-state index >= 15 is 0 Å². The summed E-state index contributed by atoms with van der Waals surface area (Å²) in [5.74, 6) is 1.41. The molecule has 1 unspecified atom stereocenters. The SMILES string of the molecule is CCN(CC(=O)Nc1c(C)cc(C)cc1Cl)CC1COc2ccccc2O1. The summed E-state index contributed by atoms with van der Waals surface area (Å²) in [7, 11) is 0. The van der Waals surface area contributed by atoms with Gasteiger partial charge in [-0.3, -0.25) is 9.69 Å². The summed E-state index contributed by atoms with van der Waals surface area (Å²) < 4.78 is 11.8. The third kappa shape index (κ3) is 4.93. The first-order valence-electron chi connectivity index (χ1n) is 9.13. The van der Waals surface area contributed by atoms with Gasteiger partial charge in [0.05, 0.1) is 17.3 Å². The van der Waals surface area contributed by atoms with Crippen molar-refractivity contribution in [2.75, 3.05) is 31.6 Å². The van der Waals surface area contributed by atoms with E-state index in [1.807, 2.05) is 62.1 Å². The van der Waals surface area contributed by atoms with Crippen LogP contribution in [0.2, 0.25) is 5.02 Å². The van der Waals surface area contributed by atoms with Crippen LogP contribution in [0.3, 0.4) is 0 Å². The molecule has 0 aromatic heterocycles. The minimum Gasteiger partial charge on any atom is -0.486 e. The third-order valence-corrected chi connectivity index (χ3v) is 4.84. The van der Waals surface area contributed by atoms with Crippen molar-refractivity contribution in [1.29, 1.82) is 0 Å². The zero-order valence-corrected chi connectivity index (χ0v) is 16.7. The normalized spacial score (nSPS) is 15.7. The van der Waals surface area contributed by atoms with Crippen molar-refractivity contribution in [3.63, 3.8) is 0 Å². The van der Waals surface area contributed by atoms with Crippen molar-refractivity contribution in [3.05, 3.63) is 52.5 Å². The summed E-state index contributed by atoms with van der Waals surface area (Å²) in [6.45, 7) is 8.02. The summed E-state index contributed by atoms with van der Waals surface area (Å²) in [6.07, 6.45) is -0.114. The average molecular weight is 389 g/mol. The molecule has 1 aliphatic heterocycles. The Morgan fingerprint density at radius 2 is 2.00 bits per heavy atom. The Labute approximate surface area is 165 Å². The molecule has 1 amide bonds. The number of amides is 1. The molecule has 3 rings (SSSR count). The summed E-state index contributed by atoms with van der Waals surface area (Å²) >= 11 is 6.29. The number of hydrogen-bond donors (Lipinski definition) is 1. The van der Waals surface area contributed by atoms with E-state index in [1.165, 1.54) is 0 Å². The van der Waals surface area contributed by atoms with Gasteiger partial charge in [0, 0.05) is 6.54 Å². The maximum atomic E-state index is 12.5. The quantitative estimate of drug-likeness (QED) is 0.810. The number of fused-ring (bicyclic) bond motifs is 1. The van der Waals surface area contributed by atoms with Crippen molar-refractivity contribution in [3.8, 4) is 11.5 Å². The summed E-state index contributed by atoms with van der Waals surface area (Å²) in [4.78, 5) is 14.6. The molecule has 27 heavy (non-hydrogen) atoms. The van der Waals surface area contributed by atoms with E-state index in [1.54, 1.807) is 0 Å². The first kappa shape index (κ1) is 19.5. The fourth-order valence-corrected chi connectivity index (χ4v) is 3.57. The van der Waals surface area contributed by atoms with Crippen LogP contribution in [-0.4, -0.2) is 43.2 Å². The van der Waals surface area contributed by atoms with Gasteiger partial charge in [-0.05, 0) is 49.7 Å². The van der Waals surface area contributed by atoms with E-state index in [0.717, 1.165) is 29.2 Å². The van der Waals surface area contributed by atoms with Crippen LogP contribution in [0.1, 0.15) is 18.1 Å². The van der Waals surface area contributed by atoms with Gasteiger partial charge in [-0.1, -0.05) is 36.7 Å². The predicted molar refractivity (Wildman–Crippen MR) is 108 cm³/mol. The Balaban J connectivity index is 1.58. The highest BCUT2D eigenvalue weighted by Gasteiger charge is 2.23. The summed E-state index contributed by atoms with van der Waals surface area (Å²) in [5, 5.41) is 3.50. The number of hydrogen-bond acceptors (Lipinski definition) is 4. The van der Waals surface area contributed by atoms with Gasteiger partial charge < -0.3 is 14.8 Å². The number of halogens is 1. The first-order chi connectivity index (χ1) is 13.0. The van der Waals surface area contributed by atoms with Gasteiger partial charge in [-0.25, -0.2) is 0 Å². The zero-order chi connectivity index (χ0) is 19.4. The molecule has 0 saturated heterocycles. The number of likely N-dealkylation sites (N-methyl/N-ethyl adjacent to an activating group) is 1. The molecule has 0 spiro atoms. The molecular weight excluding hydrogens is 364 g/mol. The second kappa shape index (κ2) is 8.63. The number of carbonyl (C=O) groups excluding carboxylic acids is 1. The topological polar surface area (TPSA) is 50.8 Å². The molecule has 0 fully saturated rings. The molecular formula is C21H25ClN2O3. The molecule has 6 heteroatoms. The molecule has 0 bridgehead atoms. The molecule has 1 N–H and O–H groups in total. The lowest BCUT2D eigenvalue weighted by atomic mass is 10.1. The Morgan fingerprint density at radius 1 is 1.26 bits per heavy atom. The molecule has 1 heterocycles. The number of nitrogens with one attached hydrogen (secondary N) is 1. The number of benzene rings is 2. The second-order valence-corrected chi connectivity index (χ2v) is 7.22. The van der Waals surface area contributed by atoms with Crippen LogP contribution in [0.4, 0.5) is 5.69 Å². The maximum absolute atomic E-state index is 12.5. The van der Waals surface area contributed by atoms with E-state index in [4.69, 9.17) is 21.1 Å². The summed E-state index contributed by atoms with van der Waals surface area (Å²) in [5.41, 5.74) is 2.70. The van der Waals surface area contributed by atoms with Crippen molar-refractivity contribution in [2.24, 2.45) is 0 Å². The molecule has 0 radical (unpaired) electrons. The molecule has 1 aliphatic rings. The monoisotopic (exact) mass is 388 g/mol. The molecule has 5 nitrogen and oxygen atoms in total. The zero-order valence-electron chi connectivity index (χ0n) is 15.9. The Hall–Kier alpha value is -2.24. The van der Waals surface area contributed by atoms with Crippen LogP contribution in [0, 0.1) is 13.8 Å². The van der Waals surface area contributed by atoms with Crippen molar-refractivity contribution in [1.82, 2.24) is 4.90 Å². The van der Waals surface area contributed by atoms with Crippen molar-refractivity contribution < 1.29 is 14.3 Å². The third-order valence-electron chi connectivity index (χ3n) is 4.54. The Kier molecular flexibility index (Phi) is 6.24. The lowest BCUT2D eigenvalue weighted by Crippen LogP contribution is -2.43. The average Bonchev–Trinajstić information content (AvgIpc) is 2.64. The smallest absolute Gasteiger partial charge is 0.238 e. The number of anilines is 1. The second-order valence-electron chi connectivity index (χ2n) is 6.81. The fourth-order valence-electron chi connectivity index (χ4n) is 3.20. The van der Waals surface area contributed by atoms with Crippen molar-refractivity contribution in [2.45, 2.75) is 26.9 Å². The van der Waals surface area contributed by atoms with Crippen LogP contribution in [0.5, 0.6) is 11.5 Å². The highest BCUT2D eigenvalue weighted by atomic mass is 35.5. The van der Waals surface area contributed by atoms with Gasteiger partial charge in [-0.15, -0.1) is 0 Å². The van der Waals surface area contributed by atoms with E-state index in [9.17, 15) is 4.79 Å². The Morgan fingerprint density at radius 3 is 2.70 bits per heavy atom. The standard InChI is InChI=1S/C21H25ClN2O3/c1-4-24(11-16-13-26-18-7-5-6-8-19(18)27-16)12-20(25)23-21-15(3)9-14(2)10-17(21)22/h5-10,16H,4,11-13H2,1-3H3,(H,23,25). The molecule has 144 valence electrons. The van der Waals surface area contributed by atoms with Crippen LogP contribution in [-0.2, 0) is 4.79 Å². The predicted octanol–water partition coefficient (Wildman–Crippen LogP) is 4.06. The highest BCUT2D eigenvalue weighted by Crippen LogP contribution is 2.31. The number of aryl methyl sites for hydroxylation is 2. The van der Waals surface area contributed by atoms with Crippen LogP contribution in [0.25, 0.3) is 0 Å². The van der Waals surface area contributed by atoms with Gasteiger partial charge >= 0.3 is 0 Å². The number of para-hydroxylation sites is 2. The number of ether oxygens (including phenoxy) is 2. The van der Waals surface area contributed by atoms with Gasteiger partial charge in [0.25, 0.3) is 0 Å². The highest BCUT2D eigenvalue weighted by molar-refractivity contribution is 6.34. The molecule has 1 atom stereocenters. The lowest BCUT2D eigenvalue weighted by Gasteiger charge is -2.30.